The molecule has 4 heteroatoms. The van der Waals surface area contributed by atoms with Crippen LogP contribution in [0.25, 0.3) is 0 Å². The third-order valence-electron chi connectivity index (χ3n) is 2.45. The minimum absolute atomic E-state index is 0.00199. The van der Waals surface area contributed by atoms with Gasteiger partial charge in [-0.15, -0.1) is 0 Å². The number of hydrogen-bond donors (Lipinski definition) is 3. The van der Waals surface area contributed by atoms with Gasteiger partial charge in [0, 0.05) is 6.04 Å². The summed E-state index contributed by atoms with van der Waals surface area (Å²) in [5, 5.41) is 27.0. The zero-order chi connectivity index (χ0) is 8.43. The third kappa shape index (κ3) is 1.54. The standard InChI is InChI=1S/C7H15NO3/c1-8-5(3-9)2-7(11)6(8)4-10/h5-7,9-11H,2-4H2,1H3/t5-,6+,7-/m0/s1. The van der Waals surface area contributed by atoms with Crippen molar-refractivity contribution in [1.82, 2.24) is 4.90 Å². The predicted octanol–water partition coefficient (Wildman–Crippen LogP) is -1.60. The van der Waals surface area contributed by atoms with Gasteiger partial charge < -0.3 is 15.3 Å². The molecule has 0 bridgehead atoms. The average Bonchev–Trinajstić information content (AvgIpc) is 2.26. The summed E-state index contributed by atoms with van der Waals surface area (Å²) in [6.45, 7) is -0.00176. The summed E-state index contributed by atoms with van der Waals surface area (Å²) in [7, 11) is 1.80. The van der Waals surface area contributed by atoms with Crippen molar-refractivity contribution in [1.29, 1.82) is 0 Å². The van der Waals surface area contributed by atoms with Crippen LogP contribution in [0.1, 0.15) is 6.42 Å². The Kier molecular flexibility index (Phi) is 2.84. The van der Waals surface area contributed by atoms with Gasteiger partial charge in [-0.05, 0) is 13.5 Å². The van der Waals surface area contributed by atoms with Crippen LogP contribution in [-0.2, 0) is 0 Å². The third-order valence-corrected chi connectivity index (χ3v) is 2.45. The lowest BCUT2D eigenvalue weighted by Crippen LogP contribution is -2.39. The van der Waals surface area contributed by atoms with E-state index in [4.69, 9.17) is 10.2 Å². The lowest BCUT2D eigenvalue weighted by atomic mass is 10.1. The lowest BCUT2D eigenvalue weighted by Gasteiger charge is -2.22. The van der Waals surface area contributed by atoms with Gasteiger partial charge in [-0.3, -0.25) is 4.90 Å². The van der Waals surface area contributed by atoms with Gasteiger partial charge in [0.15, 0.2) is 0 Å². The minimum Gasteiger partial charge on any atom is -0.395 e. The molecule has 1 heterocycles. The summed E-state index contributed by atoms with van der Waals surface area (Å²) < 4.78 is 0. The summed E-state index contributed by atoms with van der Waals surface area (Å²) in [5.41, 5.74) is 0. The van der Waals surface area contributed by atoms with Crippen LogP contribution in [0.15, 0.2) is 0 Å². The van der Waals surface area contributed by atoms with E-state index in [0.29, 0.717) is 6.42 Å². The Morgan fingerprint density at radius 1 is 1.36 bits per heavy atom. The molecule has 1 rings (SSSR count). The van der Waals surface area contributed by atoms with Crippen molar-refractivity contribution in [3.63, 3.8) is 0 Å². The van der Waals surface area contributed by atoms with Gasteiger partial charge in [-0.1, -0.05) is 0 Å². The van der Waals surface area contributed by atoms with Gasteiger partial charge in [-0.25, -0.2) is 0 Å². The number of nitrogens with zero attached hydrogens (tertiary/aromatic N) is 1. The van der Waals surface area contributed by atoms with Gasteiger partial charge in [0.05, 0.1) is 25.4 Å². The Hall–Kier alpha value is -0.160. The maximum atomic E-state index is 9.35. The molecule has 3 atom stereocenters. The molecule has 0 aromatic heterocycles. The first-order valence-electron chi connectivity index (χ1n) is 3.82. The molecule has 4 nitrogen and oxygen atoms in total. The van der Waals surface area contributed by atoms with Crippen LogP contribution in [-0.4, -0.2) is 58.7 Å². The van der Waals surface area contributed by atoms with Crippen LogP contribution in [0.2, 0.25) is 0 Å². The molecule has 3 N–H and O–H groups in total. The van der Waals surface area contributed by atoms with E-state index in [9.17, 15) is 5.11 Å². The van der Waals surface area contributed by atoms with Crippen molar-refractivity contribution in [3.8, 4) is 0 Å². The second kappa shape index (κ2) is 3.49. The van der Waals surface area contributed by atoms with Gasteiger partial charge >= 0.3 is 0 Å². The maximum absolute atomic E-state index is 9.35. The number of hydrogen-bond acceptors (Lipinski definition) is 4. The summed E-state index contributed by atoms with van der Waals surface area (Å²) in [5.74, 6) is 0. The van der Waals surface area contributed by atoms with Crippen molar-refractivity contribution in [2.75, 3.05) is 20.3 Å². The van der Waals surface area contributed by atoms with Crippen molar-refractivity contribution < 1.29 is 15.3 Å². The normalized spacial score (nSPS) is 39.8. The molecular weight excluding hydrogens is 146 g/mol. The quantitative estimate of drug-likeness (QED) is 0.456. The van der Waals surface area contributed by atoms with E-state index < -0.39 is 6.10 Å². The molecule has 66 valence electrons. The van der Waals surface area contributed by atoms with E-state index in [1.807, 2.05) is 4.90 Å². The van der Waals surface area contributed by atoms with E-state index in [2.05, 4.69) is 0 Å². The zero-order valence-electron chi connectivity index (χ0n) is 6.64. The molecule has 1 aliphatic heterocycles. The van der Waals surface area contributed by atoms with E-state index in [1.54, 1.807) is 7.05 Å². The topological polar surface area (TPSA) is 63.9 Å². The zero-order valence-corrected chi connectivity index (χ0v) is 6.64. The molecule has 0 saturated carbocycles. The van der Waals surface area contributed by atoms with E-state index in [1.165, 1.54) is 0 Å². The molecule has 0 aromatic rings. The second-order valence-corrected chi connectivity index (χ2v) is 3.05. The van der Waals surface area contributed by atoms with Crippen LogP contribution in [0, 0.1) is 0 Å². The number of likely N-dealkylation sites (tertiary alicyclic amines) is 1. The minimum atomic E-state index is -0.498. The summed E-state index contributed by atoms with van der Waals surface area (Å²) in [6.07, 6.45) is 0.0558. The smallest absolute Gasteiger partial charge is 0.0733 e. The fourth-order valence-electron chi connectivity index (χ4n) is 1.60. The molecule has 0 unspecified atom stereocenters. The monoisotopic (exact) mass is 161 g/mol. The van der Waals surface area contributed by atoms with E-state index in [-0.39, 0.29) is 25.3 Å². The molecule has 1 fully saturated rings. The largest absolute Gasteiger partial charge is 0.395 e. The van der Waals surface area contributed by atoms with Crippen molar-refractivity contribution in [2.24, 2.45) is 0 Å². The molecule has 0 radical (unpaired) electrons. The Bertz CT molecular complexity index is 131. The van der Waals surface area contributed by atoms with Crippen molar-refractivity contribution in [2.45, 2.75) is 24.6 Å². The summed E-state index contributed by atoms with van der Waals surface area (Å²) in [4.78, 5) is 1.82. The van der Waals surface area contributed by atoms with Crippen LogP contribution < -0.4 is 0 Å². The van der Waals surface area contributed by atoms with Crippen LogP contribution in [0.4, 0.5) is 0 Å². The first-order valence-corrected chi connectivity index (χ1v) is 3.82. The van der Waals surface area contributed by atoms with E-state index in [0.717, 1.165) is 0 Å². The molecule has 1 saturated heterocycles. The Morgan fingerprint density at radius 2 is 2.00 bits per heavy atom. The fourth-order valence-corrected chi connectivity index (χ4v) is 1.60. The Morgan fingerprint density at radius 3 is 2.27 bits per heavy atom. The van der Waals surface area contributed by atoms with Gasteiger partial charge in [0.2, 0.25) is 0 Å². The highest BCUT2D eigenvalue weighted by atomic mass is 16.3. The highest BCUT2D eigenvalue weighted by Crippen LogP contribution is 2.21. The predicted molar refractivity (Wildman–Crippen MR) is 40.1 cm³/mol. The van der Waals surface area contributed by atoms with E-state index >= 15 is 0 Å². The molecule has 1 aliphatic rings. The van der Waals surface area contributed by atoms with Crippen molar-refractivity contribution in [3.05, 3.63) is 0 Å². The Labute approximate surface area is 66.1 Å². The summed E-state index contributed by atoms with van der Waals surface area (Å²) >= 11 is 0. The fraction of sp³-hybridized carbons (Fsp3) is 1.00. The van der Waals surface area contributed by atoms with Crippen molar-refractivity contribution >= 4 is 0 Å². The van der Waals surface area contributed by atoms with Gasteiger partial charge in [-0.2, -0.15) is 0 Å². The van der Waals surface area contributed by atoms with Crippen LogP contribution >= 0.6 is 0 Å². The van der Waals surface area contributed by atoms with Gasteiger partial charge in [0.1, 0.15) is 0 Å². The Balaban J connectivity index is 2.55. The van der Waals surface area contributed by atoms with Gasteiger partial charge in [0.25, 0.3) is 0 Å². The number of likely N-dealkylation sites (N-methyl/N-ethyl adjacent to an activating group) is 1. The highest BCUT2D eigenvalue weighted by molar-refractivity contribution is 4.91. The van der Waals surface area contributed by atoms with Crippen LogP contribution in [0.3, 0.4) is 0 Å². The second-order valence-electron chi connectivity index (χ2n) is 3.05. The SMILES string of the molecule is CN1[C@H](CO)C[C@H](O)[C@H]1CO. The number of aliphatic hydroxyl groups is 3. The molecule has 0 spiro atoms. The molecule has 0 aromatic carbocycles. The molecule has 0 aliphatic carbocycles. The highest BCUT2D eigenvalue weighted by Gasteiger charge is 2.36. The first kappa shape index (κ1) is 8.93. The molecule has 11 heavy (non-hydrogen) atoms. The first-order chi connectivity index (χ1) is 5.20. The molecular formula is C7H15NO3. The number of aliphatic hydroxyl groups excluding tert-OH is 3. The average molecular weight is 161 g/mol. The van der Waals surface area contributed by atoms with Crippen LogP contribution in [0.5, 0.6) is 0 Å². The molecule has 0 amide bonds. The number of rotatable bonds is 2. The maximum Gasteiger partial charge on any atom is 0.0733 e. The summed E-state index contributed by atoms with van der Waals surface area (Å²) in [6, 6.07) is -0.200. The lowest BCUT2D eigenvalue weighted by molar-refractivity contribution is 0.0719.